The first-order valence-electron chi connectivity index (χ1n) is 9.95. The van der Waals surface area contributed by atoms with Gasteiger partial charge in [-0.2, -0.15) is 0 Å². The number of aryl methyl sites for hydroxylation is 2. The smallest absolute Gasteiger partial charge is 0.262 e. The maximum Gasteiger partial charge on any atom is 0.262 e. The van der Waals surface area contributed by atoms with Gasteiger partial charge in [0.25, 0.3) is 11.8 Å². The van der Waals surface area contributed by atoms with Crippen LogP contribution in [0.5, 0.6) is 0 Å². The lowest BCUT2D eigenvalue weighted by Crippen LogP contribution is -2.32. The standard InChI is InChI=1S/C25H23N3O2/c1-16(28-24(29)21-4-2-3-5-22(21)25(28)30)19-12-8-17(9-13-19)6-7-18-10-14-20(15-11-18)23(26)27/h2-5,8-16H,6-7H2,1H3,(H3,26,27). The summed E-state index contributed by atoms with van der Waals surface area (Å²) < 4.78 is 0. The highest BCUT2D eigenvalue weighted by Gasteiger charge is 2.38. The summed E-state index contributed by atoms with van der Waals surface area (Å²) in [7, 11) is 0. The molecule has 1 aliphatic rings. The minimum atomic E-state index is -0.328. The number of hydrogen-bond donors (Lipinski definition) is 2. The third kappa shape index (κ3) is 3.62. The molecule has 30 heavy (non-hydrogen) atoms. The molecule has 3 N–H and O–H groups in total. The van der Waals surface area contributed by atoms with Gasteiger partial charge in [0, 0.05) is 5.56 Å². The quantitative estimate of drug-likeness (QED) is 0.373. The molecule has 0 saturated heterocycles. The van der Waals surface area contributed by atoms with E-state index in [1.807, 2.05) is 55.5 Å². The second-order valence-electron chi connectivity index (χ2n) is 7.55. The normalized spacial score (nSPS) is 14.0. The summed E-state index contributed by atoms with van der Waals surface area (Å²) in [6, 6.07) is 22.4. The summed E-state index contributed by atoms with van der Waals surface area (Å²) in [6.45, 7) is 1.88. The summed E-state index contributed by atoms with van der Waals surface area (Å²) in [4.78, 5) is 26.7. The van der Waals surface area contributed by atoms with Crippen molar-refractivity contribution in [2.24, 2.45) is 5.73 Å². The number of carbonyl (C=O) groups is 2. The molecule has 0 aromatic heterocycles. The molecular formula is C25H23N3O2. The van der Waals surface area contributed by atoms with Gasteiger partial charge in [0.1, 0.15) is 5.84 Å². The van der Waals surface area contributed by atoms with Gasteiger partial charge >= 0.3 is 0 Å². The molecule has 1 aliphatic heterocycles. The van der Waals surface area contributed by atoms with Crippen molar-refractivity contribution >= 4 is 17.6 Å². The Kier molecular flexibility index (Phi) is 5.19. The highest BCUT2D eigenvalue weighted by atomic mass is 16.2. The third-order valence-electron chi connectivity index (χ3n) is 5.64. The van der Waals surface area contributed by atoms with Crippen LogP contribution >= 0.6 is 0 Å². The van der Waals surface area contributed by atoms with Crippen LogP contribution in [-0.4, -0.2) is 22.5 Å². The van der Waals surface area contributed by atoms with Crippen LogP contribution in [0, 0.1) is 5.41 Å². The van der Waals surface area contributed by atoms with E-state index in [0.717, 1.165) is 24.0 Å². The molecule has 0 saturated carbocycles. The molecule has 150 valence electrons. The van der Waals surface area contributed by atoms with E-state index in [4.69, 9.17) is 11.1 Å². The second kappa shape index (κ2) is 7.95. The lowest BCUT2D eigenvalue weighted by atomic mass is 10.00. The van der Waals surface area contributed by atoms with Crippen LogP contribution in [0.3, 0.4) is 0 Å². The summed E-state index contributed by atoms with van der Waals surface area (Å²) in [6.07, 6.45) is 1.76. The van der Waals surface area contributed by atoms with E-state index in [-0.39, 0.29) is 23.7 Å². The zero-order chi connectivity index (χ0) is 21.3. The monoisotopic (exact) mass is 397 g/mol. The third-order valence-corrected chi connectivity index (χ3v) is 5.64. The van der Waals surface area contributed by atoms with Crippen LogP contribution in [0.25, 0.3) is 0 Å². The Bertz CT molecular complexity index is 1080. The molecule has 5 heteroatoms. The number of nitrogens with zero attached hydrogens (tertiary/aromatic N) is 1. The molecule has 0 fully saturated rings. The van der Waals surface area contributed by atoms with Crippen molar-refractivity contribution in [3.05, 3.63) is 106 Å². The lowest BCUT2D eigenvalue weighted by molar-refractivity contribution is 0.0595. The molecule has 1 unspecified atom stereocenters. The first-order valence-corrected chi connectivity index (χ1v) is 9.95. The highest BCUT2D eigenvalue weighted by molar-refractivity contribution is 6.21. The van der Waals surface area contributed by atoms with E-state index in [1.165, 1.54) is 16.0 Å². The predicted molar refractivity (Wildman–Crippen MR) is 117 cm³/mol. The molecular weight excluding hydrogens is 374 g/mol. The number of carbonyl (C=O) groups excluding carboxylic acids is 2. The summed E-state index contributed by atoms with van der Waals surface area (Å²) >= 11 is 0. The van der Waals surface area contributed by atoms with E-state index in [2.05, 4.69) is 0 Å². The van der Waals surface area contributed by atoms with Gasteiger partial charge in [0.15, 0.2) is 0 Å². The largest absolute Gasteiger partial charge is 0.384 e. The topological polar surface area (TPSA) is 87.2 Å². The number of benzene rings is 3. The van der Waals surface area contributed by atoms with Crippen LogP contribution in [0.15, 0.2) is 72.8 Å². The molecule has 0 spiro atoms. The lowest BCUT2D eigenvalue weighted by Gasteiger charge is -2.23. The Labute approximate surface area is 175 Å². The molecule has 5 nitrogen and oxygen atoms in total. The number of imide groups is 1. The van der Waals surface area contributed by atoms with Crippen LogP contribution in [0.4, 0.5) is 0 Å². The van der Waals surface area contributed by atoms with Crippen molar-refractivity contribution in [1.29, 1.82) is 5.41 Å². The highest BCUT2D eigenvalue weighted by Crippen LogP contribution is 2.31. The number of fused-ring (bicyclic) bond motifs is 1. The number of hydrogen-bond acceptors (Lipinski definition) is 3. The van der Waals surface area contributed by atoms with Crippen molar-refractivity contribution < 1.29 is 9.59 Å². The average molecular weight is 397 g/mol. The van der Waals surface area contributed by atoms with E-state index >= 15 is 0 Å². The number of amides is 2. The minimum absolute atomic E-state index is 0.0734. The number of nitrogens with one attached hydrogen (secondary N) is 1. The van der Waals surface area contributed by atoms with Crippen LogP contribution in [0.1, 0.15) is 55.9 Å². The summed E-state index contributed by atoms with van der Waals surface area (Å²) in [5.41, 5.74) is 10.5. The van der Waals surface area contributed by atoms with Gasteiger partial charge in [0.05, 0.1) is 17.2 Å². The van der Waals surface area contributed by atoms with Gasteiger partial charge in [-0.25, -0.2) is 0 Å². The minimum Gasteiger partial charge on any atom is -0.384 e. The Morgan fingerprint density at radius 2 is 1.30 bits per heavy atom. The van der Waals surface area contributed by atoms with Crippen LogP contribution in [0.2, 0.25) is 0 Å². The van der Waals surface area contributed by atoms with Crippen molar-refractivity contribution in [1.82, 2.24) is 4.90 Å². The van der Waals surface area contributed by atoms with Gasteiger partial charge < -0.3 is 5.73 Å². The van der Waals surface area contributed by atoms with E-state index in [9.17, 15) is 9.59 Å². The molecule has 1 heterocycles. The molecule has 0 bridgehead atoms. The first kappa shape index (κ1) is 19.6. The Balaban J connectivity index is 1.43. The number of nitrogens with two attached hydrogens (primary N) is 1. The molecule has 3 aromatic carbocycles. The molecule has 4 rings (SSSR count). The first-order chi connectivity index (χ1) is 14.5. The van der Waals surface area contributed by atoms with Gasteiger partial charge in [-0.15, -0.1) is 0 Å². The molecule has 0 radical (unpaired) electrons. The average Bonchev–Trinajstić information content (AvgIpc) is 3.03. The second-order valence-corrected chi connectivity index (χ2v) is 7.55. The van der Waals surface area contributed by atoms with Crippen molar-refractivity contribution in [2.75, 3.05) is 0 Å². The molecule has 2 amide bonds. The summed E-state index contributed by atoms with van der Waals surface area (Å²) in [5, 5.41) is 7.45. The zero-order valence-corrected chi connectivity index (χ0v) is 16.8. The maximum atomic E-state index is 12.7. The van der Waals surface area contributed by atoms with Gasteiger partial charge in [-0.05, 0) is 48.6 Å². The molecule has 1 atom stereocenters. The Morgan fingerprint density at radius 1 is 0.833 bits per heavy atom. The Hall–Kier alpha value is -3.73. The SMILES string of the molecule is CC(c1ccc(CCc2ccc(C(=N)N)cc2)cc1)N1C(=O)c2ccccc2C1=O. The predicted octanol–water partition coefficient (Wildman–Crippen LogP) is 4.11. The molecule has 0 aliphatic carbocycles. The van der Waals surface area contributed by atoms with Crippen molar-refractivity contribution in [2.45, 2.75) is 25.8 Å². The number of nitrogen functional groups attached to an aromatic ring is 1. The fourth-order valence-electron chi connectivity index (χ4n) is 3.81. The fourth-order valence-corrected chi connectivity index (χ4v) is 3.81. The van der Waals surface area contributed by atoms with Gasteiger partial charge in [0.2, 0.25) is 0 Å². The van der Waals surface area contributed by atoms with Crippen molar-refractivity contribution in [3.8, 4) is 0 Å². The summed E-state index contributed by atoms with van der Waals surface area (Å²) in [5.74, 6) is -0.397. The van der Waals surface area contributed by atoms with E-state index in [0.29, 0.717) is 11.1 Å². The van der Waals surface area contributed by atoms with Gasteiger partial charge in [-0.1, -0.05) is 60.7 Å². The van der Waals surface area contributed by atoms with E-state index in [1.54, 1.807) is 24.3 Å². The Morgan fingerprint density at radius 3 is 1.77 bits per heavy atom. The van der Waals surface area contributed by atoms with Crippen LogP contribution < -0.4 is 5.73 Å². The van der Waals surface area contributed by atoms with Crippen LogP contribution in [-0.2, 0) is 12.8 Å². The molecule has 3 aromatic rings. The van der Waals surface area contributed by atoms with Crippen molar-refractivity contribution in [3.63, 3.8) is 0 Å². The number of amidine groups is 1. The zero-order valence-electron chi connectivity index (χ0n) is 16.8. The van der Waals surface area contributed by atoms with E-state index < -0.39 is 0 Å². The number of rotatable bonds is 6. The maximum absolute atomic E-state index is 12.7. The fraction of sp³-hybridized carbons (Fsp3) is 0.160. The van der Waals surface area contributed by atoms with Gasteiger partial charge in [-0.3, -0.25) is 19.9 Å².